The Morgan fingerprint density at radius 3 is 2.52 bits per heavy atom. The third-order valence-electron chi connectivity index (χ3n) is 3.90. The molecule has 29 heavy (non-hydrogen) atoms. The van der Waals surface area contributed by atoms with Crippen LogP contribution in [0.5, 0.6) is 11.5 Å². The van der Waals surface area contributed by atoms with E-state index in [0.717, 1.165) is 24.2 Å². The summed E-state index contributed by atoms with van der Waals surface area (Å²) < 4.78 is 11.1. The molecule has 0 saturated heterocycles. The van der Waals surface area contributed by atoms with Gasteiger partial charge in [-0.25, -0.2) is 5.43 Å². The van der Waals surface area contributed by atoms with Crippen LogP contribution in [0.3, 0.4) is 0 Å². The number of para-hydroxylation sites is 1. The maximum absolute atomic E-state index is 12.1. The molecule has 0 atom stereocenters. The summed E-state index contributed by atoms with van der Waals surface area (Å²) in [4.78, 5) is 24.0. The quantitative estimate of drug-likeness (QED) is 0.346. The minimum Gasteiger partial charge on any atom is -0.494 e. The number of ether oxygens (including phenoxy) is 2. The monoisotopic (exact) mass is 397 g/mol. The standard InChI is InChI=1S/C22H27N3O4/c1-3-5-14-29-19-12-10-17(11-13-19)22(27)23-16-21(26)25-24-15-18-8-6-7-9-20(18)28-4-2/h6-13,15H,3-5,14,16H2,1-2H3,(H,23,27)(H,25,26)/b24-15+. The molecule has 154 valence electrons. The smallest absolute Gasteiger partial charge is 0.259 e. The SMILES string of the molecule is CCCCOc1ccc(C(=O)NCC(=O)N/N=C/c2ccccc2OCC)cc1. The summed E-state index contributed by atoms with van der Waals surface area (Å²) >= 11 is 0. The first-order valence-corrected chi connectivity index (χ1v) is 9.68. The number of nitrogens with zero attached hydrogens (tertiary/aromatic N) is 1. The van der Waals surface area contributed by atoms with E-state index in [-0.39, 0.29) is 12.5 Å². The number of nitrogens with one attached hydrogen (secondary N) is 2. The van der Waals surface area contributed by atoms with Gasteiger partial charge in [-0.3, -0.25) is 9.59 Å². The van der Waals surface area contributed by atoms with Crippen LogP contribution >= 0.6 is 0 Å². The molecule has 2 rings (SSSR count). The topological polar surface area (TPSA) is 89.0 Å². The van der Waals surface area contributed by atoms with Gasteiger partial charge >= 0.3 is 0 Å². The first-order chi connectivity index (χ1) is 14.1. The zero-order valence-electron chi connectivity index (χ0n) is 16.8. The van der Waals surface area contributed by atoms with Crippen molar-refractivity contribution in [3.05, 3.63) is 59.7 Å². The number of carbonyl (C=O) groups excluding carboxylic acids is 2. The number of unbranched alkanes of at least 4 members (excludes halogenated alkanes) is 1. The summed E-state index contributed by atoms with van der Waals surface area (Å²) in [7, 11) is 0. The molecule has 2 N–H and O–H groups in total. The first kappa shape index (κ1) is 21.9. The lowest BCUT2D eigenvalue weighted by atomic mass is 10.2. The van der Waals surface area contributed by atoms with Gasteiger partial charge in [0.15, 0.2) is 0 Å². The summed E-state index contributed by atoms with van der Waals surface area (Å²) in [6, 6.07) is 14.2. The molecule has 0 heterocycles. The lowest BCUT2D eigenvalue weighted by Gasteiger charge is -2.07. The second-order valence-corrected chi connectivity index (χ2v) is 6.17. The van der Waals surface area contributed by atoms with Gasteiger partial charge < -0.3 is 14.8 Å². The van der Waals surface area contributed by atoms with Gasteiger partial charge in [0.2, 0.25) is 0 Å². The van der Waals surface area contributed by atoms with Crippen LogP contribution in [0.2, 0.25) is 0 Å². The van der Waals surface area contributed by atoms with Crippen molar-refractivity contribution in [2.45, 2.75) is 26.7 Å². The Bertz CT molecular complexity index is 819. The van der Waals surface area contributed by atoms with Gasteiger partial charge in [0.25, 0.3) is 11.8 Å². The Labute approximate surface area is 171 Å². The molecule has 7 heteroatoms. The van der Waals surface area contributed by atoms with E-state index in [4.69, 9.17) is 9.47 Å². The number of benzene rings is 2. The first-order valence-electron chi connectivity index (χ1n) is 9.68. The molecule has 0 spiro atoms. The predicted molar refractivity (Wildman–Crippen MR) is 113 cm³/mol. The van der Waals surface area contributed by atoms with Crippen LogP contribution in [0.1, 0.15) is 42.6 Å². The van der Waals surface area contributed by atoms with Crippen molar-refractivity contribution in [2.24, 2.45) is 5.10 Å². The van der Waals surface area contributed by atoms with Gasteiger partial charge in [-0.15, -0.1) is 0 Å². The van der Waals surface area contributed by atoms with Crippen molar-refractivity contribution in [2.75, 3.05) is 19.8 Å². The summed E-state index contributed by atoms with van der Waals surface area (Å²) in [5.41, 5.74) is 3.59. The average molecular weight is 397 g/mol. The molecule has 2 aromatic rings. The van der Waals surface area contributed by atoms with Crippen molar-refractivity contribution < 1.29 is 19.1 Å². The van der Waals surface area contributed by atoms with E-state index in [2.05, 4.69) is 22.8 Å². The van der Waals surface area contributed by atoms with Crippen LogP contribution in [-0.2, 0) is 4.79 Å². The minimum absolute atomic E-state index is 0.183. The number of hydrogen-bond donors (Lipinski definition) is 2. The lowest BCUT2D eigenvalue weighted by Crippen LogP contribution is -2.34. The molecule has 0 bridgehead atoms. The van der Waals surface area contributed by atoms with Crippen molar-refractivity contribution in [3.8, 4) is 11.5 Å². The Morgan fingerprint density at radius 1 is 1.03 bits per heavy atom. The van der Waals surface area contributed by atoms with E-state index in [1.165, 1.54) is 6.21 Å². The predicted octanol–water partition coefficient (Wildman–Crippen LogP) is 3.14. The number of rotatable bonds is 11. The van der Waals surface area contributed by atoms with Crippen LogP contribution < -0.4 is 20.2 Å². The van der Waals surface area contributed by atoms with Crippen LogP contribution in [0.15, 0.2) is 53.6 Å². The maximum Gasteiger partial charge on any atom is 0.259 e. The molecule has 0 aliphatic heterocycles. The molecular weight excluding hydrogens is 370 g/mol. The normalized spacial score (nSPS) is 10.6. The Hall–Kier alpha value is -3.35. The Balaban J connectivity index is 1.78. The van der Waals surface area contributed by atoms with E-state index in [0.29, 0.717) is 24.5 Å². The third kappa shape index (κ3) is 7.65. The highest BCUT2D eigenvalue weighted by Crippen LogP contribution is 2.15. The van der Waals surface area contributed by atoms with Gasteiger partial charge in [0, 0.05) is 11.1 Å². The summed E-state index contributed by atoms with van der Waals surface area (Å²) in [5.74, 6) is 0.631. The molecule has 0 unspecified atom stereocenters. The zero-order chi connectivity index (χ0) is 20.9. The second kappa shape index (κ2) is 12.2. The molecule has 0 aliphatic rings. The maximum atomic E-state index is 12.1. The van der Waals surface area contributed by atoms with E-state index in [1.807, 2.05) is 31.2 Å². The third-order valence-corrected chi connectivity index (χ3v) is 3.90. The highest BCUT2D eigenvalue weighted by Gasteiger charge is 2.08. The Morgan fingerprint density at radius 2 is 1.79 bits per heavy atom. The van der Waals surface area contributed by atoms with E-state index in [9.17, 15) is 9.59 Å². The number of amides is 2. The van der Waals surface area contributed by atoms with E-state index in [1.54, 1.807) is 24.3 Å². The molecule has 7 nitrogen and oxygen atoms in total. The van der Waals surface area contributed by atoms with Crippen LogP contribution in [-0.4, -0.2) is 37.8 Å². The lowest BCUT2D eigenvalue weighted by molar-refractivity contribution is -0.120. The van der Waals surface area contributed by atoms with Gasteiger partial charge in [0.1, 0.15) is 11.5 Å². The van der Waals surface area contributed by atoms with Gasteiger partial charge in [-0.1, -0.05) is 25.5 Å². The van der Waals surface area contributed by atoms with Crippen LogP contribution in [0, 0.1) is 0 Å². The van der Waals surface area contributed by atoms with Gasteiger partial charge in [0.05, 0.1) is 26.0 Å². The summed E-state index contributed by atoms with van der Waals surface area (Å²) in [6.45, 7) is 4.99. The fourth-order valence-electron chi connectivity index (χ4n) is 2.39. The van der Waals surface area contributed by atoms with Crippen molar-refractivity contribution in [1.82, 2.24) is 10.7 Å². The van der Waals surface area contributed by atoms with Gasteiger partial charge in [-0.2, -0.15) is 5.10 Å². The van der Waals surface area contributed by atoms with E-state index < -0.39 is 5.91 Å². The molecule has 2 amide bonds. The zero-order valence-corrected chi connectivity index (χ0v) is 16.8. The molecule has 0 saturated carbocycles. The summed E-state index contributed by atoms with van der Waals surface area (Å²) in [6.07, 6.45) is 3.55. The molecular formula is C22H27N3O4. The molecule has 2 aromatic carbocycles. The van der Waals surface area contributed by atoms with E-state index >= 15 is 0 Å². The fourth-order valence-corrected chi connectivity index (χ4v) is 2.39. The number of hydrazone groups is 1. The van der Waals surface area contributed by atoms with Crippen molar-refractivity contribution >= 4 is 18.0 Å². The summed E-state index contributed by atoms with van der Waals surface area (Å²) in [5, 5.41) is 6.47. The molecule has 0 aromatic heterocycles. The van der Waals surface area contributed by atoms with Crippen molar-refractivity contribution in [1.29, 1.82) is 0 Å². The molecule has 0 radical (unpaired) electrons. The van der Waals surface area contributed by atoms with Crippen molar-refractivity contribution in [3.63, 3.8) is 0 Å². The second-order valence-electron chi connectivity index (χ2n) is 6.17. The van der Waals surface area contributed by atoms with Gasteiger partial charge in [-0.05, 0) is 49.7 Å². The average Bonchev–Trinajstić information content (AvgIpc) is 2.74. The number of carbonyl (C=O) groups is 2. The largest absolute Gasteiger partial charge is 0.494 e. The highest BCUT2D eigenvalue weighted by molar-refractivity contribution is 5.96. The fraction of sp³-hybridized carbons (Fsp3) is 0.318. The number of hydrogen-bond acceptors (Lipinski definition) is 5. The molecule has 0 fully saturated rings. The van der Waals surface area contributed by atoms with Crippen LogP contribution in [0.4, 0.5) is 0 Å². The molecule has 0 aliphatic carbocycles. The minimum atomic E-state index is -0.428. The highest BCUT2D eigenvalue weighted by atomic mass is 16.5. The van der Waals surface area contributed by atoms with Crippen LogP contribution in [0.25, 0.3) is 0 Å². The Kier molecular flexibility index (Phi) is 9.21.